The molecule has 0 saturated heterocycles. The Labute approximate surface area is 210 Å². The van der Waals surface area contributed by atoms with E-state index in [-0.39, 0.29) is 11.9 Å². The molecule has 3 N–H and O–H groups in total. The molecule has 2 aromatic carbocycles. The fourth-order valence-electron chi connectivity index (χ4n) is 3.70. The standard InChI is InChI=1S/C27H30N8O/c1-5-25(36)30-22-12-9-13-23(14-22)31-26-21(17-34(3)19(2)20-10-7-6-8-11-20)15-28-27(33-26)32-24-16-29-35(4)18-24/h5-16,18-19H,1,17H2,2-4H3,(H,30,36)(H2,28,31,32,33). The number of carbonyl (C=O) groups excluding carboxylic acids is 1. The van der Waals surface area contributed by atoms with Crippen molar-refractivity contribution in [3.63, 3.8) is 0 Å². The highest BCUT2D eigenvalue weighted by Crippen LogP contribution is 2.27. The molecule has 0 aliphatic rings. The van der Waals surface area contributed by atoms with Crippen molar-refractivity contribution in [1.82, 2.24) is 24.6 Å². The van der Waals surface area contributed by atoms with Crippen LogP contribution in [0.5, 0.6) is 0 Å². The Morgan fingerprint density at radius 1 is 1.08 bits per heavy atom. The number of carbonyl (C=O) groups is 1. The van der Waals surface area contributed by atoms with Crippen molar-refractivity contribution >= 4 is 34.7 Å². The van der Waals surface area contributed by atoms with Gasteiger partial charge in [0.25, 0.3) is 0 Å². The topological polar surface area (TPSA) is 100 Å². The van der Waals surface area contributed by atoms with E-state index in [0.29, 0.717) is 24.0 Å². The predicted octanol–water partition coefficient (Wildman–Crippen LogP) is 5.01. The number of nitrogens with zero attached hydrogens (tertiary/aromatic N) is 5. The third-order valence-electron chi connectivity index (χ3n) is 5.77. The lowest BCUT2D eigenvalue weighted by atomic mass is 10.1. The van der Waals surface area contributed by atoms with E-state index < -0.39 is 0 Å². The van der Waals surface area contributed by atoms with Crippen molar-refractivity contribution in [3.8, 4) is 0 Å². The first-order valence-corrected chi connectivity index (χ1v) is 11.6. The van der Waals surface area contributed by atoms with E-state index in [1.165, 1.54) is 11.6 Å². The fourth-order valence-corrected chi connectivity index (χ4v) is 3.70. The van der Waals surface area contributed by atoms with Gasteiger partial charge >= 0.3 is 0 Å². The molecule has 1 atom stereocenters. The van der Waals surface area contributed by atoms with E-state index >= 15 is 0 Å². The maximum Gasteiger partial charge on any atom is 0.247 e. The molecule has 2 aromatic heterocycles. The minimum Gasteiger partial charge on any atom is -0.340 e. The van der Waals surface area contributed by atoms with Gasteiger partial charge in [-0.3, -0.25) is 14.4 Å². The van der Waals surface area contributed by atoms with Gasteiger partial charge in [-0.1, -0.05) is 43.0 Å². The van der Waals surface area contributed by atoms with Gasteiger partial charge in [0.2, 0.25) is 11.9 Å². The second-order valence-corrected chi connectivity index (χ2v) is 8.50. The SMILES string of the molecule is C=CC(=O)Nc1cccc(Nc2nc(Nc3cnn(C)c3)ncc2CN(C)C(C)c2ccccc2)c1. The number of aromatic nitrogens is 4. The molecule has 0 aliphatic heterocycles. The highest BCUT2D eigenvalue weighted by atomic mass is 16.1. The van der Waals surface area contributed by atoms with E-state index in [0.717, 1.165) is 16.9 Å². The molecule has 2 heterocycles. The molecule has 9 heteroatoms. The molecule has 0 fully saturated rings. The smallest absolute Gasteiger partial charge is 0.247 e. The molecular weight excluding hydrogens is 452 g/mol. The van der Waals surface area contributed by atoms with Crippen molar-refractivity contribution in [2.24, 2.45) is 7.05 Å². The Bertz CT molecular complexity index is 1330. The zero-order chi connectivity index (χ0) is 25.5. The Kier molecular flexibility index (Phi) is 7.72. The third kappa shape index (κ3) is 6.34. The average molecular weight is 483 g/mol. The van der Waals surface area contributed by atoms with Crippen LogP contribution in [0.15, 0.2) is 85.8 Å². The summed E-state index contributed by atoms with van der Waals surface area (Å²) in [5.41, 5.74) is 4.39. The number of aryl methyl sites for hydroxylation is 1. The maximum atomic E-state index is 11.7. The molecule has 9 nitrogen and oxygen atoms in total. The molecule has 0 saturated carbocycles. The average Bonchev–Trinajstić information content (AvgIpc) is 3.30. The van der Waals surface area contributed by atoms with Crippen molar-refractivity contribution < 1.29 is 4.79 Å². The van der Waals surface area contributed by atoms with E-state index in [1.807, 2.05) is 61.9 Å². The summed E-state index contributed by atoms with van der Waals surface area (Å²) in [5.74, 6) is 0.842. The zero-order valence-electron chi connectivity index (χ0n) is 20.6. The predicted molar refractivity (Wildman–Crippen MR) is 143 cm³/mol. The lowest BCUT2D eigenvalue weighted by molar-refractivity contribution is -0.111. The second kappa shape index (κ2) is 11.3. The van der Waals surface area contributed by atoms with Gasteiger partial charge in [0.1, 0.15) is 5.82 Å². The molecule has 0 aliphatic carbocycles. The number of amides is 1. The van der Waals surface area contributed by atoms with Gasteiger partial charge in [-0.15, -0.1) is 0 Å². The number of hydrogen-bond acceptors (Lipinski definition) is 7. The summed E-state index contributed by atoms with van der Waals surface area (Å²) < 4.78 is 1.71. The molecular formula is C27H30N8O. The Hall–Kier alpha value is -4.50. The van der Waals surface area contributed by atoms with Crippen LogP contribution >= 0.6 is 0 Å². The van der Waals surface area contributed by atoms with Gasteiger partial charge in [-0.25, -0.2) is 4.98 Å². The molecule has 36 heavy (non-hydrogen) atoms. The summed E-state index contributed by atoms with van der Waals surface area (Å²) in [5, 5.41) is 13.6. The highest BCUT2D eigenvalue weighted by Gasteiger charge is 2.16. The molecule has 0 spiro atoms. The number of rotatable bonds is 10. The number of nitrogens with one attached hydrogen (secondary N) is 3. The summed E-state index contributed by atoms with van der Waals surface area (Å²) in [6, 6.07) is 18.0. The summed E-state index contributed by atoms with van der Waals surface area (Å²) in [7, 11) is 3.93. The quantitative estimate of drug-likeness (QED) is 0.273. The van der Waals surface area contributed by atoms with Crippen LogP contribution in [0.3, 0.4) is 0 Å². The van der Waals surface area contributed by atoms with Crippen molar-refractivity contribution in [2.75, 3.05) is 23.0 Å². The van der Waals surface area contributed by atoms with Crippen LogP contribution < -0.4 is 16.0 Å². The summed E-state index contributed by atoms with van der Waals surface area (Å²) >= 11 is 0. The third-order valence-corrected chi connectivity index (χ3v) is 5.77. The Balaban J connectivity index is 1.61. The first kappa shape index (κ1) is 24.6. The molecule has 4 aromatic rings. The minimum absolute atomic E-state index is 0.199. The van der Waals surface area contributed by atoms with Crippen LogP contribution in [0, 0.1) is 0 Å². The first-order valence-electron chi connectivity index (χ1n) is 11.6. The lowest BCUT2D eigenvalue weighted by Gasteiger charge is -2.26. The van der Waals surface area contributed by atoms with Crippen molar-refractivity contribution in [1.29, 1.82) is 0 Å². The second-order valence-electron chi connectivity index (χ2n) is 8.50. The van der Waals surface area contributed by atoms with Gasteiger partial charge in [-0.2, -0.15) is 10.1 Å². The van der Waals surface area contributed by atoms with Crippen LogP contribution in [0.1, 0.15) is 24.1 Å². The number of benzene rings is 2. The molecule has 1 amide bonds. The first-order chi connectivity index (χ1) is 17.4. The molecule has 0 radical (unpaired) electrons. The van der Waals surface area contributed by atoms with Crippen LogP contribution in [0.25, 0.3) is 0 Å². The van der Waals surface area contributed by atoms with Gasteiger partial charge in [-0.05, 0) is 43.8 Å². The van der Waals surface area contributed by atoms with E-state index in [1.54, 1.807) is 10.9 Å². The molecule has 184 valence electrons. The van der Waals surface area contributed by atoms with E-state index in [4.69, 9.17) is 4.98 Å². The molecule has 4 rings (SSSR count). The highest BCUT2D eigenvalue weighted by molar-refractivity contribution is 5.99. The van der Waals surface area contributed by atoms with Gasteiger partial charge in [0.05, 0.1) is 11.9 Å². The summed E-state index contributed by atoms with van der Waals surface area (Å²) in [4.78, 5) is 23.3. The van der Waals surface area contributed by atoms with Gasteiger partial charge in [0, 0.05) is 49.0 Å². The van der Waals surface area contributed by atoms with Crippen LogP contribution in [0.2, 0.25) is 0 Å². The Morgan fingerprint density at radius 3 is 2.58 bits per heavy atom. The molecule has 1 unspecified atom stereocenters. The largest absolute Gasteiger partial charge is 0.340 e. The van der Waals surface area contributed by atoms with Crippen LogP contribution in [-0.2, 0) is 18.4 Å². The van der Waals surface area contributed by atoms with E-state index in [2.05, 4.69) is 63.6 Å². The summed E-state index contributed by atoms with van der Waals surface area (Å²) in [6.07, 6.45) is 6.63. The fraction of sp³-hybridized carbons (Fsp3) is 0.185. The minimum atomic E-state index is -0.269. The normalized spacial score (nSPS) is 11.7. The van der Waals surface area contributed by atoms with Gasteiger partial charge < -0.3 is 16.0 Å². The van der Waals surface area contributed by atoms with Crippen LogP contribution in [-0.4, -0.2) is 37.6 Å². The van der Waals surface area contributed by atoms with E-state index in [9.17, 15) is 4.79 Å². The summed E-state index contributed by atoms with van der Waals surface area (Å²) in [6.45, 7) is 6.30. The Morgan fingerprint density at radius 2 is 1.86 bits per heavy atom. The van der Waals surface area contributed by atoms with Crippen molar-refractivity contribution in [3.05, 3.63) is 97.0 Å². The number of anilines is 5. The van der Waals surface area contributed by atoms with Gasteiger partial charge in [0.15, 0.2) is 0 Å². The van der Waals surface area contributed by atoms with Crippen molar-refractivity contribution in [2.45, 2.75) is 19.5 Å². The molecule has 0 bridgehead atoms. The maximum absolute atomic E-state index is 11.7. The lowest BCUT2D eigenvalue weighted by Crippen LogP contribution is -2.23. The number of hydrogen-bond donors (Lipinski definition) is 3. The monoisotopic (exact) mass is 482 g/mol. The zero-order valence-corrected chi connectivity index (χ0v) is 20.6. The van der Waals surface area contributed by atoms with Crippen LogP contribution in [0.4, 0.5) is 28.8 Å².